The Balaban J connectivity index is 2.70. The molecule has 0 aromatic carbocycles. The Kier molecular flexibility index (Phi) is 8.37. The second-order valence-electron chi connectivity index (χ2n) is 2.26. The Hall–Kier alpha value is -0.340. The van der Waals surface area contributed by atoms with Gasteiger partial charge < -0.3 is 10.4 Å². The average molecular weight is 143 g/mol. The third-order valence-corrected chi connectivity index (χ3v) is 1.30. The van der Waals surface area contributed by atoms with Gasteiger partial charge in [0.05, 0.1) is 6.61 Å². The standard InChI is InChI=1S/C8H17NO/c1-2-3-4-5-6-9-7-8-10/h2,9-10H,1,3-8H2. The quantitative estimate of drug-likeness (QED) is 0.410. The summed E-state index contributed by atoms with van der Waals surface area (Å²) in [7, 11) is 0. The number of rotatable bonds is 7. The molecule has 0 aliphatic carbocycles. The van der Waals surface area contributed by atoms with Gasteiger partial charge >= 0.3 is 0 Å². The Bertz CT molecular complexity index is 73.7. The SMILES string of the molecule is C=CCCCCNCCO. The lowest BCUT2D eigenvalue weighted by atomic mass is 10.2. The van der Waals surface area contributed by atoms with E-state index in [9.17, 15) is 0 Å². The van der Waals surface area contributed by atoms with Crippen LogP contribution in [0.5, 0.6) is 0 Å². The highest BCUT2D eigenvalue weighted by molar-refractivity contribution is 4.65. The average Bonchev–Trinajstić information content (AvgIpc) is 1.97. The van der Waals surface area contributed by atoms with E-state index in [1.807, 2.05) is 6.08 Å². The molecular formula is C8H17NO. The lowest BCUT2D eigenvalue weighted by Crippen LogP contribution is -2.19. The molecule has 2 nitrogen and oxygen atoms in total. The first-order chi connectivity index (χ1) is 4.91. The van der Waals surface area contributed by atoms with E-state index in [1.165, 1.54) is 12.8 Å². The van der Waals surface area contributed by atoms with E-state index in [1.54, 1.807) is 0 Å². The number of hydrogen-bond acceptors (Lipinski definition) is 2. The van der Waals surface area contributed by atoms with Crippen molar-refractivity contribution in [3.63, 3.8) is 0 Å². The molecule has 2 N–H and O–H groups in total. The van der Waals surface area contributed by atoms with Gasteiger partial charge in [-0.2, -0.15) is 0 Å². The van der Waals surface area contributed by atoms with E-state index in [2.05, 4.69) is 11.9 Å². The maximum atomic E-state index is 8.39. The molecule has 2 heteroatoms. The molecule has 0 bridgehead atoms. The van der Waals surface area contributed by atoms with Gasteiger partial charge in [0.15, 0.2) is 0 Å². The van der Waals surface area contributed by atoms with Crippen LogP contribution in [-0.2, 0) is 0 Å². The lowest BCUT2D eigenvalue weighted by molar-refractivity contribution is 0.292. The van der Waals surface area contributed by atoms with Crippen molar-refractivity contribution in [2.24, 2.45) is 0 Å². The van der Waals surface area contributed by atoms with Crippen LogP contribution >= 0.6 is 0 Å². The first kappa shape index (κ1) is 9.66. The minimum Gasteiger partial charge on any atom is -0.395 e. The fourth-order valence-electron chi connectivity index (χ4n) is 0.743. The predicted octanol–water partition coefficient (Wildman–Crippen LogP) is 0.925. The van der Waals surface area contributed by atoms with Gasteiger partial charge in [-0.3, -0.25) is 0 Å². The number of unbranched alkanes of at least 4 members (excludes halogenated alkanes) is 2. The van der Waals surface area contributed by atoms with Crippen molar-refractivity contribution in [1.29, 1.82) is 0 Å². The van der Waals surface area contributed by atoms with Crippen LogP contribution in [0.15, 0.2) is 12.7 Å². The van der Waals surface area contributed by atoms with Crippen molar-refractivity contribution in [2.45, 2.75) is 19.3 Å². The maximum Gasteiger partial charge on any atom is 0.0555 e. The lowest BCUT2D eigenvalue weighted by Gasteiger charge is -1.99. The summed E-state index contributed by atoms with van der Waals surface area (Å²) in [5.74, 6) is 0. The molecule has 0 rings (SSSR count). The van der Waals surface area contributed by atoms with Gasteiger partial charge in [-0.1, -0.05) is 6.08 Å². The largest absolute Gasteiger partial charge is 0.395 e. The molecule has 0 atom stereocenters. The Morgan fingerprint density at radius 2 is 2.10 bits per heavy atom. The number of aliphatic hydroxyl groups is 1. The molecule has 0 aromatic rings. The molecule has 60 valence electrons. The maximum absolute atomic E-state index is 8.39. The van der Waals surface area contributed by atoms with E-state index in [0.29, 0.717) is 6.54 Å². The molecule has 0 fully saturated rings. The van der Waals surface area contributed by atoms with Crippen molar-refractivity contribution >= 4 is 0 Å². The monoisotopic (exact) mass is 143 g/mol. The van der Waals surface area contributed by atoms with E-state index < -0.39 is 0 Å². The number of allylic oxidation sites excluding steroid dienone is 1. The van der Waals surface area contributed by atoms with E-state index in [4.69, 9.17) is 5.11 Å². The van der Waals surface area contributed by atoms with Crippen molar-refractivity contribution in [1.82, 2.24) is 5.32 Å². The zero-order valence-corrected chi connectivity index (χ0v) is 6.47. The third kappa shape index (κ3) is 7.66. The molecule has 0 amide bonds. The third-order valence-electron chi connectivity index (χ3n) is 1.30. The first-order valence-corrected chi connectivity index (χ1v) is 3.84. The van der Waals surface area contributed by atoms with E-state index >= 15 is 0 Å². The summed E-state index contributed by atoms with van der Waals surface area (Å²) in [5.41, 5.74) is 0. The molecular weight excluding hydrogens is 126 g/mol. The van der Waals surface area contributed by atoms with Gasteiger partial charge in [-0.05, 0) is 25.8 Å². The second kappa shape index (κ2) is 8.66. The second-order valence-corrected chi connectivity index (χ2v) is 2.26. The van der Waals surface area contributed by atoms with Crippen molar-refractivity contribution in [2.75, 3.05) is 19.7 Å². The van der Waals surface area contributed by atoms with Crippen molar-refractivity contribution in [3.8, 4) is 0 Å². The Morgan fingerprint density at radius 3 is 2.70 bits per heavy atom. The normalized spacial score (nSPS) is 9.70. The summed E-state index contributed by atoms with van der Waals surface area (Å²) in [6.07, 6.45) is 5.40. The topological polar surface area (TPSA) is 32.3 Å². The van der Waals surface area contributed by atoms with Crippen LogP contribution < -0.4 is 5.32 Å². The van der Waals surface area contributed by atoms with Crippen LogP contribution in [0.25, 0.3) is 0 Å². The summed E-state index contributed by atoms with van der Waals surface area (Å²) in [5, 5.41) is 11.5. The summed E-state index contributed by atoms with van der Waals surface area (Å²) >= 11 is 0. The molecule has 0 radical (unpaired) electrons. The van der Waals surface area contributed by atoms with Gasteiger partial charge in [0.1, 0.15) is 0 Å². The van der Waals surface area contributed by atoms with E-state index in [-0.39, 0.29) is 6.61 Å². The zero-order chi connectivity index (χ0) is 7.66. The molecule has 0 saturated carbocycles. The number of nitrogens with one attached hydrogen (secondary N) is 1. The van der Waals surface area contributed by atoms with Gasteiger partial charge in [0, 0.05) is 6.54 Å². The van der Waals surface area contributed by atoms with Gasteiger partial charge in [0.25, 0.3) is 0 Å². The summed E-state index contributed by atoms with van der Waals surface area (Å²) in [6.45, 7) is 5.60. The molecule has 0 aliphatic heterocycles. The van der Waals surface area contributed by atoms with Gasteiger partial charge in [-0.25, -0.2) is 0 Å². The number of hydrogen-bond donors (Lipinski definition) is 2. The van der Waals surface area contributed by atoms with Crippen LogP contribution in [0.1, 0.15) is 19.3 Å². The predicted molar refractivity (Wildman–Crippen MR) is 44.0 cm³/mol. The highest BCUT2D eigenvalue weighted by Crippen LogP contribution is 1.92. The van der Waals surface area contributed by atoms with Crippen molar-refractivity contribution in [3.05, 3.63) is 12.7 Å². The molecule has 0 aromatic heterocycles. The van der Waals surface area contributed by atoms with Crippen LogP contribution in [-0.4, -0.2) is 24.8 Å². The van der Waals surface area contributed by atoms with Crippen molar-refractivity contribution < 1.29 is 5.11 Å². The molecule has 0 spiro atoms. The molecule has 0 aliphatic rings. The first-order valence-electron chi connectivity index (χ1n) is 3.84. The van der Waals surface area contributed by atoms with Crippen LogP contribution in [0.3, 0.4) is 0 Å². The fraction of sp³-hybridized carbons (Fsp3) is 0.750. The minimum absolute atomic E-state index is 0.238. The summed E-state index contributed by atoms with van der Waals surface area (Å²) in [4.78, 5) is 0. The Morgan fingerprint density at radius 1 is 1.30 bits per heavy atom. The highest BCUT2D eigenvalue weighted by Gasteiger charge is 1.84. The summed E-state index contributed by atoms with van der Waals surface area (Å²) in [6, 6.07) is 0. The van der Waals surface area contributed by atoms with Crippen LogP contribution in [0, 0.1) is 0 Å². The van der Waals surface area contributed by atoms with Gasteiger partial charge in [0.2, 0.25) is 0 Å². The fourth-order valence-corrected chi connectivity index (χ4v) is 0.743. The minimum atomic E-state index is 0.238. The summed E-state index contributed by atoms with van der Waals surface area (Å²) < 4.78 is 0. The van der Waals surface area contributed by atoms with Crippen LogP contribution in [0.2, 0.25) is 0 Å². The molecule has 10 heavy (non-hydrogen) atoms. The smallest absolute Gasteiger partial charge is 0.0555 e. The highest BCUT2D eigenvalue weighted by atomic mass is 16.3. The number of aliphatic hydroxyl groups excluding tert-OH is 1. The van der Waals surface area contributed by atoms with E-state index in [0.717, 1.165) is 13.0 Å². The molecule has 0 unspecified atom stereocenters. The zero-order valence-electron chi connectivity index (χ0n) is 6.47. The van der Waals surface area contributed by atoms with Gasteiger partial charge in [-0.15, -0.1) is 6.58 Å². The van der Waals surface area contributed by atoms with Crippen LogP contribution in [0.4, 0.5) is 0 Å². The molecule has 0 saturated heterocycles. The Labute approximate surface area is 62.9 Å². The molecule has 0 heterocycles.